The first-order valence-corrected chi connectivity index (χ1v) is 9.07. The number of hydrogen-bond acceptors (Lipinski definition) is 3. The SMILES string of the molecule is CCOc1ccc2c(c1)CCN(C(=NCC(=O)N(C)C)NC1CC1)C2. The van der Waals surface area contributed by atoms with E-state index in [1.54, 1.807) is 19.0 Å². The number of nitrogens with one attached hydrogen (secondary N) is 1. The molecule has 1 aromatic rings. The molecular weight excluding hydrogens is 316 g/mol. The molecule has 25 heavy (non-hydrogen) atoms. The van der Waals surface area contributed by atoms with Gasteiger partial charge in [-0.3, -0.25) is 4.79 Å². The molecular formula is C19H28N4O2. The van der Waals surface area contributed by atoms with Gasteiger partial charge in [0.05, 0.1) is 6.61 Å². The van der Waals surface area contributed by atoms with Gasteiger partial charge in [0.25, 0.3) is 0 Å². The van der Waals surface area contributed by atoms with Crippen molar-refractivity contribution in [3.8, 4) is 5.75 Å². The summed E-state index contributed by atoms with van der Waals surface area (Å²) in [6.07, 6.45) is 3.33. The molecule has 0 aromatic heterocycles. The van der Waals surface area contributed by atoms with Crippen LogP contribution in [0.3, 0.4) is 0 Å². The Morgan fingerprint density at radius 1 is 1.36 bits per heavy atom. The fourth-order valence-electron chi connectivity index (χ4n) is 2.90. The lowest BCUT2D eigenvalue weighted by atomic mass is 9.99. The van der Waals surface area contributed by atoms with Crippen molar-refractivity contribution in [2.75, 3.05) is 33.8 Å². The summed E-state index contributed by atoms with van der Waals surface area (Å²) in [6, 6.07) is 6.84. The van der Waals surface area contributed by atoms with Gasteiger partial charge >= 0.3 is 0 Å². The van der Waals surface area contributed by atoms with Gasteiger partial charge in [-0.2, -0.15) is 0 Å². The Bertz CT molecular complexity index is 653. The predicted molar refractivity (Wildman–Crippen MR) is 98.9 cm³/mol. The number of nitrogens with zero attached hydrogens (tertiary/aromatic N) is 3. The summed E-state index contributed by atoms with van der Waals surface area (Å²) in [6.45, 7) is 4.60. The summed E-state index contributed by atoms with van der Waals surface area (Å²) in [5.41, 5.74) is 2.65. The number of carbonyl (C=O) groups is 1. The molecule has 1 aromatic carbocycles. The number of likely N-dealkylation sites (N-methyl/N-ethyl adjacent to an activating group) is 1. The number of rotatable bonds is 5. The minimum Gasteiger partial charge on any atom is -0.494 e. The maximum atomic E-state index is 11.9. The molecule has 0 bridgehead atoms. The summed E-state index contributed by atoms with van der Waals surface area (Å²) in [5, 5.41) is 3.50. The topological polar surface area (TPSA) is 57.2 Å². The average molecular weight is 344 g/mol. The van der Waals surface area contributed by atoms with E-state index in [-0.39, 0.29) is 12.5 Å². The van der Waals surface area contributed by atoms with Crippen LogP contribution in [0.5, 0.6) is 5.75 Å². The van der Waals surface area contributed by atoms with Gasteiger partial charge in [-0.1, -0.05) is 6.07 Å². The van der Waals surface area contributed by atoms with Crippen LogP contribution in [-0.2, 0) is 17.8 Å². The second kappa shape index (κ2) is 7.76. The van der Waals surface area contributed by atoms with Crippen LogP contribution in [0.4, 0.5) is 0 Å². The number of amides is 1. The third kappa shape index (κ3) is 4.65. The summed E-state index contributed by atoms with van der Waals surface area (Å²) in [4.78, 5) is 20.3. The smallest absolute Gasteiger partial charge is 0.243 e. The van der Waals surface area contributed by atoms with Gasteiger partial charge in [0, 0.05) is 33.2 Å². The van der Waals surface area contributed by atoms with Crippen molar-refractivity contribution < 1.29 is 9.53 Å². The van der Waals surface area contributed by atoms with E-state index in [9.17, 15) is 4.79 Å². The number of carbonyl (C=O) groups excluding carboxylic acids is 1. The number of aliphatic imine (C=N–C) groups is 1. The van der Waals surface area contributed by atoms with Crippen LogP contribution < -0.4 is 10.1 Å². The molecule has 3 rings (SSSR count). The monoisotopic (exact) mass is 344 g/mol. The highest BCUT2D eigenvalue weighted by atomic mass is 16.5. The number of hydrogen-bond donors (Lipinski definition) is 1. The number of ether oxygens (including phenoxy) is 1. The van der Waals surface area contributed by atoms with Crippen molar-refractivity contribution in [2.24, 2.45) is 4.99 Å². The Hall–Kier alpha value is -2.24. The molecule has 6 heteroatoms. The molecule has 1 fully saturated rings. The van der Waals surface area contributed by atoms with Gasteiger partial charge in [0.1, 0.15) is 12.3 Å². The molecule has 0 unspecified atom stereocenters. The predicted octanol–water partition coefficient (Wildman–Crippen LogP) is 1.64. The van der Waals surface area contributed by atoms with Crippen molar-refractivity contribution in [3.63, 3.8) is 0 Å². The second-order valence-corrected chi connectivity index (χ2v) is 6.88. The first kappa shape index (κ1) is 17.6. The Kier molecular flexibility index (Phi) is 5.46. The van der Waals surface area contributed by atoms with Crippen molar-refractivity contribution in [2.45, 2.75) is 38.8 Å². The summed E-state index contributed by atoms with van der Waals surface area (Å²) in [5.74, 6) is 1.82. The quantitative estimate of drug-likeness (QED) is 0.652. The second-order valence-electron chi connectivity index (χ2n) is 6.88. The summed E-state index contributed by atoms with van der Waals surface area (Å²) >= 11 is 0. The third-order valence-electron chi connectivity index (χ3n) is 4.57. The lowest BCUT2D eigenvalue weighted by molar-refractivity contribution is -0.127. The van der Waals surface area contributed by atoms with E-state index < -0.39 is 0 Å². The van der Waals surface area contributed by atoms with Crippen LogP contribution in [0.1, 0.15) is 30.9 Å². The fourth-order valence-corrected chi connectivity index (χ4v) is 2.90. The Labute approximate surface area is 149 Å². The van der Waals surface area contributed by atoms with E-state index in [1.165, 1.54) is 24.0 Å². The van der Waals surface area contributed by atoms with E-state index in [4.69, 9.17) is 4.74 Å². The van der Waals surface area contributed by atoms with E-state index in [0.717, 1.165) is 31.2 Å². The largest absolute Gasteiger partial charge is 0.494 e. The molecule has 136 valence electrons. The first-order valence-electron chi connectivity index (χ1n) is 9.07. The van der Waals surface area contributed by atoms with Gasteiger partial charge in [-0.25, -0.2) is 4.99 Å². The zero-order valence-electron chi connectivity index (χ0n) is 15.4. The number of benzene rings is 1. The van der Waals surface area contributed by atoms with Crippen LogP contribution >= 0.6 is 0 Å². The van der Waals surface area contributed by atoms with Crippen molar-refractivity contribution in [1.82, 2.24) is 15.1 Å². The lowest BCUT2D eigenvalue weighted by Gasteiger charge is -2.32. The number of fused-ring (bicyclic) bond motifs is 1. The van der Waals surface area contributed by atoms with Crippen molar-refractivity contribution >= 4 is 11.9 Å². The molecule has 0 radical (unpaired) electrons. The molecule has 1 amide bonds. The van der Waals surface area contributed by atoms with E-state index in [2.05, 4.69) is 27.3 Å². The summed E-state index contributed by atoms with van der Waals surface area (Å²) < 4.78 is 5.60. The normalized spacial score (nSPS) is 17.1. The highest BCUT2D eigenvalue weighted by Gasteiger charge is 2.27. The fraction of sp³-hybridized carbons (Fsp3) is 0.579. The van der Waals surface area contributed by atoms with Crippen molar-refractivity contribution in [1.29, 1.82) is 0 Å². The van der Waals surface area contributed by atoms with Crippen LogP contribution in [0.25, 0.3) is 0 Å². The minimum atomic E-state index is 0.0221. The molecule has 2 aliphatic rings. The molecule has 1 saturated carbocycles. The van der Waals surface area contributed by atoms with Gasteiger partial charge in [0.15, 0.2) is 5.96 Å². The van der Waals surface area contributed by atoms with Crippen LogP contribution in [0.2, 0.25) is 0 Å². The first-order chi connectivity index (χ1) is 12.1. The zero-order chi connectivity index (χ0) is 17.8. The molecule has 0 saturated heterocycles. The minimum absolute atomic E-state index is 0.0221. The van der Waals surface area contributed by atoms with Gasteiger partial charge < -0.3 is 19.9 Å². The molecule has 1 N–H and O–H groups in total. The molecule has 0 atom stereocenters. The highest BCUT2D eigenvalue weighted by molar-refractivity contribution is 5.85. The zero-order valence-corrected chi connectivity index (χ0v) is 15.4. The molecule has 1 heterocycles. The Morgan fingerprint density at radius 3 is 2.84 bits per heavy atom. The van der Waals surface area contributed by atoms with E-state index in [1.807, 2.05) is 13.0 Å². The van der Waals surface area contributed by atoms with Gasteiger partial charge in [0.2, 0.25) is 5.91 Å². The van der Waals surface area contributed by atoms with E-state index in [0.29, 0.717) is 12.6 Å². The van der Waals surface area contributed by atoms with Crippen molar-refractivity contribution in [3.05, 3.63) is 29.3 Å². The van der Waals surface area contributed by atoms with Crippen LogP contribution in [-0.4, -0.2) is 61.5 Å². The van der Waals surface area contributed by atoms with Gasteiger partial charge in [-0.15, -0.1) is 0 Å². The number of guanidine groups is 1. The molecule has 1 aliphatic heterocycles. The average Bonchev–Trinajstić information content (AvgIpc) is 3.42. The Balaban J connectivity index is 1.71. The third-order valence-corrected chi connectivity index (χ3v) is 4.57. The standard InChI is InChI=1S/C19H28N4O2/c1-4-25-17-8-5-15-13-23(10-9-14(15)11-17)19(21-16-6-7-16)20-12-18(24)22(2)3/h5,8,11,16H,4,6-7,9-10,12-13H2,1-3H3,(H,20,21). The summed E-state index contributed by atoms with van der Waals surface area (Å²) in [7, 11) is 3.53. The molecule has 0 spiro atoms. The molecule has 1 aliphatic carbocycles. The molecule has 6 nitrogen and oxygen atoms in total. The maximum absolute atomic E-state index is 11.9. The van der Waals surface area contributed by atoms with Crippen LogP contribution in [0.15, 0.2) is 23.2 Å². The maximum Gasteiger partial charge on any atom is 0.243 e. The lowest BCUT2D eigenvalue weighted by Crippen LogP contribution is -2.45. The highest BCUT2D eigenvalue weighted by Crippen LogP contribution is 2.25. The van der Waals surface area contributed by atoms with Gasteiger partial charge in [-0.05, 0) is 49.4 Å². The van der Waals surface area contributed by atoms with Crippen LogP contribution in [0, 0.1) is 0 Å². The van der Waals surface area contributed by atoms with E-state index >= 15 is 0 Å². The Morgan fingerprint density at radius 2 is 2.16 bits per heavy atom.